The SMILES string of the molecule is CCc1nc2cc(-c3cc(F)c4nc(C)cn4c3)cc(F)c2cc1C1CCNCC1. The Balaban J connectivity index is 1.65. The molecular formula is C24H24F2N4. The fourth-order valence-corrected chi connectivity index (χ4v) is 4.56. The zero-order chi connectivity index (χ0) is 20.8. The van der Waals surface area contributed by atoms with Crippen LogP contribution in [-0.2, 0) is 6.42 Å². The third-order valence-corrected chi connectivity index (χ3v) is 6.07. The average Bonchev–Trinajstić information content (AvgIpc) is 3.14. The van der Waals surface area contributed by atoms with Crippen molar-refractivity contribution >= 4 is 16.6 Å². The zero-order valence-electron chi connectivity index (χ0n) is 17.2. The highest BCUT2D eigenvalue weighted by Gasteiger charge is 2.21. The summed E-state index contributed by atoms with van der Waals surface area (Å²) in [5, 5.41) is 3.92. The maximum Gasteiger partial charge on any atom is 0.173 e. The number of hydrogen-bond donors (Lipinski definition) is 1. The van der Waals surface area contributed by atoms with Gasteiger partial charge in [0, 0.05) is 29.0 Å². The van der Waals surface area contributed by atoms with Crippen LogP contribution >= 0.6 is 0 Å². The number of nitrogens with zero attached hydrogens (tertiary/aromatic N) is 3. The van der Waals surface area contributed by atoms with E-state index in [2.05, 4.69) is 17.2 Å². The van der Waals surface area contributed by atoms with Crippen LogP contribution in [0.4, 0.5) is 8.78 Å². The molecule has 4 heterocycles. The molecule has 0 bridgehead atoms. The van der Waals surface area contributed by atoms with Crippen molar-refractivity contribution in [3.63, 3.8) is 0 Å². The maximum absolute atomic E-state index is 15.2. The molecule has 0 amide bonds. The molecule has 0 radical (unpaired) electrons. The lowest BCUT2D eigenvalue weighted by Crippen LogP contribution is -2.27. The fourth-order valence-electron chi connectivity index (χ4n) is 4.56. The van der Waals surface area contributed by atoms with E-state index in [0.717, 1.165) is 43.7 Å². The summed E-state index contributed by atoms with van der Waals surface area (Å²) in [6.07, 6.45) is 6.43. The van der Waals surface area contributed by atoms with Gasteiger partial charge >= 0.3 is 0 Å². The molecule has 1 aliphatic heterocycles. The van der Waals surface area contributed by atoms with Gasteiger partial charge in [-0.25, -0.2) is 13.8 Å². The normalized spacial score (nSPS) is 15.3. The number of aromatic nitrogens is 3. The molecule has 1 aliphatic rings. The molecule has 4 nitrogen and oxygen atoms in total. The van der Waals surface area contributed by atoms with Crippen LogP contribution in [0.15, 0.2) is 36.7 Å². The molecule has 1 fully saturated rings. The van der Waals surface area contributed by atoms with Crippen molar-refractivity contribution in [2.45, 2.75) is 39.0 Å². The number of piperidine rings is 1. The molecule has 0 unspecified atom stereocenters. The van der Waals surface area contributed by atoms with Crippen LogP contribution in [0.1, 0.15) is 42.6 Å². The molecule has 1 saturated heterocycles. The van der Waals surface area contributed by atoms with E-state index in [1.54, 1.807) is 16.8 Å². The first kappa shape index (κ1) is 19.1. The maximum atomic E-state index is 15.2. The highest BCUT2D eigenvalue weighted by atomic mass is 19.1. The number of imidazole rings is 1. The van der Waals surface area contributed by atoms with Gasteiger partial charge in [-0.15, -0.1) is 0 Å². The topological polar surface area (TPSA) is 42.2 Å². The fraction of sp³-hybridized carbons (Fsp3) is 0.333. The highest BCUT2D eigenvalue weighted by Crippen LogP contribution is 2.33. The predicted octanol–water partition coefficient (Wildman–Crippen LogP) is 5.17. The van der Waals surface area contributed by atoms with Gasteiger partial charge in [-0.05, 0) is 80.6 Å². The molecule has 4 aromatic rings. The number of rotatable bonds is 3. The minimum Gasteiger partial charge on any atom is -0.317 e. The number of hydrogen-bond acceptors (Lipinski definition) is 3. The third kappa shape index (κ3) is 3.25. The number of fused-ring (bicyclic) bond motifs is 2. The van der Waals surface area contributed by atoms with E-state index >= 15 is 4.39 Å². The van der Waals surface area contributed by atoms with Gasteiger partial charge in [-0.2, -0.15) is 0 Å². The van der Waals surface area contributed by atoms with Crippen molar-refractivity contribution < 1.29 is 8.78 Å². The van der Waals surface area contributed by atoms with Crippen LogP contribution in [0.5, 0.6) is 0 Å². The van der Waals surface area contributed by atoms with E-state index < -0.39 is 5.82 Å². The lowest BCUT2D eigenvalue weighted by atomic mass is 9.87. The lowest BCUT2D eigenvalue weighted by molar-refractivity contribution is 0.457. The van der Waals surface area contributed by atoms with Crippen molar-refractivity contribution in [3.05, 3.63) is 65.2 Å². The molecule has 1 aromatic carbocycles. The van der Waals surface area contributed by atoms with E-state index in [0.29, 0.717) is 27.9 Å². The van der Waals surface area contributed by atoms with Gasteiger partial charge < -0.3 is 9.72 Å². The van der Waals surface area contributed by atoms with Crippen molar-refractivity contribution in [1.82, 2.24) is 19.7 Å². The quantitative estimate of drug-likeness (QED) is 0.511. The summed E-state index contributed by atoms with van der Waals surface area (Å²) in [6, 6.07) is 6.73. The molecular weight excluding hydrogens is 382 g/mol. The standard InChI is InChI=1S/C24H24F2N4/c1-3-22-18(15-4-6-27-7-5-15)11-19-20(25)8-16(10-23(19)29-22)17-9-21(26)24-28-14(2)12-30(24)13-17/h8-13,15,27H,3-7H2,1-2H3. The van der Waals surface area contributed by atoms with Gasteiger partial charge in [0.2, 0.25) is 0 Å². The zero-order valence-corrected chi connectivity index (χ0v) is 17.2. The van der Waals surface area contributed by atoms with Crippen molar-refractivity contribution in [2.75, 3.05) is 13.1 Å². The molecule has 0 spiro atoms. The van der Waals surface area contributed by atoms with E-state index in [-0.39, 0.29) is 11.5 Å². The smallest absolute Gasteiger partial charge is 0.173 e. The van der Waals surface area contributed by atoms with E-state index in [1.807, 2.05) is 19.1 Å². The summed E-state index contributed by atoms with van der Waals surface area (Å²) in [7, 11) is 0. The third-order valence-electron chi connectivity index (χ3n) is 6.07. The predicted molar refractivity (Wildman–Crippen MR) is 115 cm³/mol. The van der Waals surface area contributed by atoms with Gasteiger partial charge in [0.1, 0.15) is 5.82 Å². The molecule has 3 aromatic heterocycles. The Morgan fingerprint density at radius 3 is 2.53 bits per heavy atom. The molecule has 0 aliphatic carbocycles. The number of aryl methyl sites for hydroxylation is 2. The second-order valence-electron chi connectivity index (χ2n) is 8.12. The van der Waals surface area contributed by atoms with Gasteiger partial charge in [-0.3, -0.25) is 4.98 Å². The Kier molecular flexibility index (Phi) is 4.74. The van der Waals surface area contributed by atoms with Crippen LogP contribution in [0.25, 0.3) is 27.7 Å². The first-order valence-electron chi connectivity index (χ1n) is 10.5. The van der Waals surface area contributed by atoms with Crippen LogP contribution in [0, 0.1) is 18.6 Å². The first-order valence-corrected chi connectivity index (χ1v) is 10.5. The van der Waals surface area contributed by atoms with Crippen molar-refractivity contribution in [1.29, 1.82) is 0 Å². The number of halogens is 2. The Morgan fingerprint density at radius 1 is 1.00 bits per heavy atom. The van der Waals surface area contributed by atoms with Crippen molar-refractivity contribution in [3.8, 4) is 11.1 Å². The molecule has 154 valence electrons. The number of pyridine rings is 2. The van der Waals surface area contributed by atoms with Crippen LogP contribution in [0.3, 0.4) is 0 Å². The molecule has 0 atom stereocenters. The van der Waals surface area contributed by atoms with E-state index in [4.69, 9.17) is 4.98 Å². The molecule has 6 heteroatoms. The molecule has 0 saturated carbocycles. The van der Waals surface area contributed by atoms with Crippen LogP contribution < -0.4 is 5.32 Å². The Labute approximate surface area is 174 Å². The second-order valence-corrected chi connectivity index (χ2v) is 8.12. The molecule has 1 N–H and O–H groups in total. The Hall–Kier alpha value is -2.86. The van der Waals surface area contributed by atoms with Crippen LogP contribution in [0.2, 0.25) is 0 Å². The van der Waals surface area contributed by atoms with Gasteiger partial charge in [0.05, 0.1) is 11.2 Å². The van der Waals surface area contributed by atoms with Crippen LogP contribution in [-0.4, -0.2) is 27.5 Å². The highest BCUT2D eigenvalue weighted by molar-refractivity contribution is 5.86. The second kappa shape index (κ2) is 7.43. The average molecular weight is 406 g/mol. The van der Waals surface area contributed by atoms with Gasteiger partial charge in [-0.1, -0.05) is 6.92 Å². The summed E-state index contributed by atoms with van der Waals surface area (Å²) in [5.74, 6) is -0.335. The number of benzene rings is 1. The molecule has 30 heavy (non-hydrogen) atoms. The van der Waals surface area contributed by atoms with Crippen molar-refractivity contribution in [2.24, 2.45) is 0 Å². The Bertz CT molecular complexity index is 1260. The lowest BCUT2D eigenvalue weighted by Gasteiger charge is -2.25. The first-order chi connectivity index (χ1) is 14.5. The number of nitrogens with one attached hydrogen (secondary N) is 1. The minimum atomic E-state index is -0.426. The summed E-state index contributed by atoms with van der Waals surface area (Å²) < 4.78 is 31.4. The summed E-state index contributed by atoms with van der Waals surface area (Å²) >= 11 is 0. The minimum absolute atomic E-state index is 0.274. The molecule has 5 rings (SSSR count). The Morgan fingerprint density at radius 2 is 1.77 bits per heavy atom. The summed E-state index contributed by atoms with van der Waals surface area (Å²) in [6.45, 7) is 5.87. The van der Waals surface area contributed by atoms with E-state index in [9.17, 15) is 4.39 Å². The monoisotopic (exact) mass is 406 g/mol. The van der Waals surface area contributed by atoms with Gasteiger partial charge in [0.25, 0.3) is 0 Å². The van der Waals surface area contributed by atoms with Gasteiger partial charge in [0.15, 0.2) is 11.5 Å². The largest absolute Gasteiger partial charge is 0.317 e. The van der Waals surface area contributed by atoms with E-state index in [1.165, 1.54) is 17.7 Å². The summed E-state index contributed by atoms with van der Waals surface area (Å²) in [4.78, 5) is 9.02. The summed E-state index contributed by atoms with van der Waals surface area (Å²) in [5.41, 5.74) is 5.02.